The van der Waals surface area contributed by atoms with Gasteiger partial charge in [0.2, 0.25) is 0 Å². The normalized spacial score (nSPS) is 17.1. The van der Waals surface area contributed by atoms with Crippen LogP contribution in [0.2, 0.25) is 0 Å². The van der Waals surface area contributed by atoms with E-state index in [4.69, 9.17) is 10.8 Å². The van der Waals surface area contributed by atoms with Crippen LogP contribution in [-0.2, 0) is 0 Å². The molecule has 1 fully saturated rings. The Kier molecular flexibility index (Phi) is 3.14. The number of carboxylic acid groups (broad SMARTS) is 1. The van der Waals surface area contributed by atoms with Crippen LogP contribution in [0.4, 0.5) is 11.5 Å². The van der Waals surface area contributed by atoms with Gasteiger partial charge in [-0.15, -0.1) is 0 Å². The summed E-state index contributed by atoms with van der Waals surface area (Å²) in [4.78, 5) is 16.8. The highest BCUT2D eigenvalue weighted by molar-refractivity contribution is 5.87. The van der Waals surface area contributed by atoms with Gasteiger partial charge in [0, 0.05) is 13.1 Å². The lowest BCUT2D eigenvalue weighted by Crippen LogP contribution is -2.37. The van der Waals surface area contributed by atoms with Crippen LogP contribution in [0.15, 0.2) is 12.1 Å². The van der Waals surface area contributed by atoms with E-state index in [1.54, 1.807) is 6.07 Å². The van der Waals surface area contributed by atoms with Gasteiger partial charge >= 0.3 is 5.97 Å². The molecule has 0 amide bonds. The van der Waals surface area contributed by atoms with E-state index in [0.717, 1.165) is 0 Å². The molecule has 92 valence electrons. The highest BCUT2D eigenvalue weighted by Gasteiger charge is 2.20. The maximum Gasteiger partial charge on any atom is 0.354 e. The second-order valence-electron chi connectivity index (χ2n) is 4.13. The van der Waals surface area contributed by atoms with Crippen molar-refractivity contribution in [2.75, 3.05) is 23.7 Å². The molecule has 0 radical (unpaired) electrons. The minimum Gasteiger partial charge on any atom is -0.477 e. The van der Waals surface area contributed by atoms with E-state index in [0.29, 0.717) is 37.4 Å². The summed E-state index contributed by atoms with van der Waals surface area (Å²) in [6.45, 7) is 1.28. The van der Waals surface area contributed by atoms with Crippen LogP contribution in [-0.4, -0.2) is 40.4 Å². The van der Waals surface area contributed by atoms with Crippen molar-refractivity contribution in [1.82, 2.24) is 4.98 Å². The average molecular weight is 237 g/mol. The summed E-state index contributed by atoms with van der Waals surface area (Å²) < 4.78 is 0. The number of rotatable bonds is 2. The topological polar surface area (TPSA) is 99.7 Å². The van der Waals surface area contributed by atoms with Crippen LogP contribution in [0.5, 0.6) is 0 Å². The molecule has 2 heterocycles. The molecule has 0 aromatic carbocycles. The van der Waals surface area contributed by atoms with Gasteiger partial charge in [-0.25, -0.2) is 9.78 Å². The van der Waals surface area contributed by atoms with Crippen molar-refractivity contribution in [3.05, 3.63) is 17.8 Å². The Morgan fingerprint density at radius 1 is 1.41 bits per heavy atom. The molecule has 0 atom stereocenters. The minimum absolute atomic E-state index is 0.0136. The molecule has 1 aromatic rings. The number of carboxylic acids is 1. The van der Waals surface area contributed by atoms with Gasteiger partial charge in [0.05, 0.1) is 11.8 Å². The van der Waals surface area contributed by atoms with Gasteiger partial charge in [-0.05, 0) is 25.0 Å². The van der Waals surface area contributed by atoms with Crippen molar-refractivity contribution in [3.63, 3.8) is 0 Å². The third-order valence-electron chi connectivity index (χ3n) is 2.89. The summed E-state index contributed by atoms with van der Waals surface area (Å²) in [6.07, 6.45) is 1.02. The fourth-order valence-electron chi connectivity index (χ4n) is 1.91. The van der Waals surface area contributed by atoms with Crippen molar-refractivity contribution >= 4 is 17.5 Å². The van der Waals surface area contributed by atoms with Gasteiger partial charge in [-0.3, -0.25) is 0 Å². The fourth-order valence-corrected chi connectivity index (χ4v) is 1.91. The largest absolute Gasteiger partial charge is 0.477 e. The van der Waals surface area contributed by atoms with Gasteiger partial charge in [0.15, 0.2) is 11.5 Å². The van der Waals surface area contributed by atoms with E-state index in [1.165, 1.54) is 6.07 Å². The van der Waals surface area contributed by atoms with Crippen molar-refractivity contribution in [3.8, 4) is 0 Å². The fraction of sp³-hybridized carbons (Fsp3) is 0.455. The Hall–Kier alpha value is -1.82. The van der Waals surface area contributed by atoms with E-state index in [2.05, 4.69) is 4.98 Å². The molecule has 4 N–H and O–H groups in total. The number of hydrogen-bond acceptors (Lipinski definition) is 5. The summed E-state index contributed by atoms with van der Waals surface area (Å²) in [5.41, 5.74) is 6.25. The minimum atomic E-state index is -1.07. The number of anilines is 2. The molecular weight excluding hydrogens is 222 g/mol. The first-order chi connectivity index (χ1) is 8.08. The number of nitrogens with zero attached hydrogens (tertiary/aromatic N) is 2. The van der Waals surface area contributed by atoms with Gasteiger partial charge < -0.3 is 20.8 Å². The van der Waals surface area contributed by atoms with Crippen LogP contribution in [0.1, 0.15) is 23.3 Å². The maximum absolute atomic E-state index is 10.8. The molecule has 17 heavy (non-hydrogen) atoms. The number of aromatic nitrogens is 1. The lowest BCUT2D eigenvalue weighted by atomic mass is 10.1. The smallest absolute Gasteiger partial charge is 0.354 e. The second kappa shape index (κ2) is 4.58. The first-order valence-electron chi connectivity index (χ1n) is 5.51. The summed E-state index contributed by atoms with van der Waals surface area (Å²) >= 11 is 0. The van der Waals surface area contributed by atoms with Gasteiger partial charge in [0.1, 0.15) is 0 Å². The monoisotopic (exact) mass is 237 g/mol. The Labute approximate surface area is 98.7 Å². The van der Waals surface area contributed by atoms with Crippen molar-refractivity contribution in [2.45, 2.75) is 18.9 Å². The van der Waals surface area contributed by atoms with Crippen LogP contribution in [0.25, 0.3) is 0 Å². The third kappa shape index (κ3) is 2.47. The van der Waals surface area contributed by atoms with Crippen LogP contribution < -0.4 is 10.6 Å². The molecule has 2 rings (SSSR count). The zero-order valence-electron chi connectivity index (χ0n) is 9.33. The number of nitrogens with two attached hydrogens (primary N) is 1. The number of aliphatic hydroxyl groups excluding tert-OH is 1. The summed E-state index contributed by atoms with van der Waals surface area (Å²) in [6, 6.07) is 2.94. The molecule has 1 aliphatic rings. The Morgan fingerprint density at radius 3 is 2.65 bits per heavy atom. The number of nitrogen functional groups attached to an aromatic ring is 1. The molecule has 0 bridgehead atoms. The standard InChI is InChI=1S/C11H15N3O3/c12-8-1-2-9(11(16)17)13-10(8)14-5-3-7(15)4-6-14/h1-2,7,15H,3-6,12H2,(H,16,17). The molecule has 1 saturated heterocycles. The van der Waals surface area contributed by atoms with Crippen molar-refractivity contribution in [2.24, 2.45) is 0 Å². The van der Waals surface area contributed by atoms with Crippen molar-refractivity contribution < 1.29 is 15.0 Å². The van der Waals surface area contributed by atoms with E-state index in [1.807, 2.05) is 4.90 Å². The highest BCUT2D eigenvalue weighted by atomic mass is 16.4. The number of aromatic carboxylic acids is 1. The van der Waals surface area contributed by atoms with Gasteiger partial charge in [-0.2, -0.15) is 0 Å². The maximum atomic E-state index is 10.8. The lowest BCUT2D eigenvalue weighted by Gasteiger charge is -2.31. The number of carbonyl (C=O) groups is 1. The first-order valence-corrected chi connectivity index (χ1v) is 5.51. The van der Waals surface area contributed by atoms with Crippen LogP contribution in [0, 0.1) is 0 Å². The molecule has 6 nitrogen and oxygen atoms in total. The van der Waals surface area contributed by atoms with Crippen molar-refractivity contribution in [1.29, 1.82) is 0 Å². The van der Waals surface area contributed by atoms with Gasteiger partial charge in [0.25, 0.3) is 0 Å². The summed E-state index contributed by atoms with van der Waals surface area (Å²) in [5.74, 6) is -0.569. The molecule has 1 aromatic heterocycles. The second-order valence-corrected chi connectivity index (χ2v) is 4.13. The number of piperidine rings is 1. The van der Waals surface area contributed by atoms with Crippen LogP contribution >= 0.6 is 0 Å². The summed E-state index contributed by atoms with van der Waals surface area (Å²) in [7, 11) is 0. The SMILES string of the molecule is Nc1ccc(C(=O)O)nc1N1CCC(O)CC1. The van der Waals surface area contributed by atoms with E-state index >= 15 is 0 Å². The third-order valence-corrected chi connectivity index (χ3v) is 2.89. The predicted molar refractivity (Wildman–Crippen MR) is 63.1 cm³/mol. The highest BCUT2D eigenvalue weighted by Crippen LogP contribution is 2.24. The molecule has 6 heteroatoms. The van der Waals surface area contributed by atoms with E-state index in [9.17, 15) is 9.90 Å². The lowest BCUT2D eigenvalue weighted by molar-refractivity contribution is 0.0690. The Balaban J connectivity index is 2.25. The molecular formula is C11H15N3O3. The summed E-state index contributed by atoms with van der Waals surface area (Å²) in [5, 5.41) is 18.3. The molecule has 0 unspecified atom stereocenters. The average Bonchev–Trinajstić information content (AvgIpc) is 2.31. The number of hydrogen-bond donors (Lipinski definition) is 3. The quantitative estimate of drug-likeness (QED) is 0.685. The molecule has 0 saturated carbocycles. The first kappa shape index (κ1) is 11.7. The van der Waals surface area contributed by atoms with E-state index in [-0.39, 0.29) is 11.8 Å². The molecule has 0 spiro atoms. The number of aliphatic hydroxyl groups is 1. The molecule has 1 aliphatic heterocycles. The Morgan fingerprint density at radius 2 is 2.06 bits per heavy atom. The van der Waals surface area contributed by atoms with E-state index < -0.39 is 5.97 Å². The van der Waals surface area contributed by atoms with Crippen LogP contribution in [0.3, 0.4) is 0 Å². The molecule has 0 aliphatic carbocycles. The Bertz CT molecular complexity index is 428. The van der Waals surface area contributed by atoms with Gasteiger partial charge in [-0.1, -0.05) is 0 Å². The zero-order chi connectivity index (χ0) is 12.4. The zero-order valence-corrected chi connectivity index (χ0v) is 9.33. The number of pyridine rings is 1. The predicted octanol–water partition coefficient (Wildman–Crippen LogP) is 0.323.